The number of hydrogen-bond acceptors (Lipinski definition) is 8. The maximum absolute atomic E-state index is 12.6. The van der Waals surface area contributed by atoms with Crippen molar-refractivity contribution >= 4 is 39.3 Å². The Kier molecular flexibility index (Phi) is 7.77. The number of sulfonamides is 1. The van der Waals surface area contributed by atoms with Gasteiger partial charge in [0.2, 0.25) is 11.9 Å². The molecule has 11 heteroatoms. The van der Waals surface area contributed by atoms with Crippen molar-refractivity contribution in [2.24, 2.45) is 0 Å². The van der Waals surface area contributed by atoms with E-state index in [0.717, 1.165) is 4.90 Å². The number of methoxy groups -OCH3 is 2. The summed E-state index contributed by atoms with van der Waals surface area (Å²) in [6.45, 7) is 3.52. The van der Waals surface area contributed by atoms with Crippen LogP contribution in [-0.4, -0.2) is 43.8 Å². The number of rotatable bonds is 9. The molecule has 9 nitrogen and oxygen atoms in total. The first-order valence-corrected chi connectivity index (χ1v) is 12.2. The predicted molar refractivity (Wildman–Crippen MR) is 128 cm³/mol. The largest absolute Gasteiger partial charge is 0.493 e. The van der Waals surface area contributed by atoms with Gasteiger partial charge >= 0.3 is 0 Å². The van der Waals surface area contributed by atoms with E-state index in [1.54, 1.807) is 46.3 Å². The van der Waals surface area contributed by atoms with Gasteiger partial charge in [0.05, 0.1) is 24.4 Å². The molecule has 0 radical (unpaired) electrons. The summed E-state index contributed by atoms with van der Waals surface area (Å²) in [5.41, 5.74) is 1.12. The van der Waals surface area contributed by atoms with E-state index in [1.807, 2.05) is 6.07 Å². The molecule has 2 N–H and O–H groups in total. The lowest BCUT2D eigenvalue weighted by molar-refractivity contribution is -0.115. The molecule has 0 aliphatic heterocycles. The molecule has 1 atom stereocenters. The highest BCUT2D eigenvalue weighted by molar-refractivity contribution is 8.00. The van der Waals surface area contributed by atoms with Crippen LogP contribution in [-0.2, 0) is 14.8 Å². The summed E-state index contributed by atoms with van der Waals surface area (Å²) >= 11 is 1.36. The summed E-state index contributed by atoms with van der Waals surface area (Å²) in [6.07, 6.45) is 1.47. The van der Waals surface area contributed by atoms with E-state index in [9.17, 15) is 13.2 Å². The molecular formula is C22H24N4O5S2. The van der Waals surface area contributed by atoms with Crippen molar-refractivity contribution in [1.29, 1.82) is 0 Å². The third-order valence-corrected chi connectivity index (χ3v) is 6.93. The van der Waals surface area contributed by atoms with Crippen LogP contribution in [0.4, 0.5) is 11.6 Å². The molecule has 3 rings (SSSR count). The van der Waals surface area contributed by atoms with E-state index in [2.05, 4.69) is 20.0 Å². The molecule has 2 aromatic carbocycles. The zero-order chi connectivity index (χ0) is 24.0. The van der Waals surface area contributed by atoms with Crippen LogP contribution in [0.5, 0.6) is 11.5 Å². The molecule has 1 unspecified atom stereocenters. The van der Waals surface area contributed by atoms with Crippen molar-refractivity contribution in [1.82, 2.24) is 9.97 Å². The van der Waals surface area contributed by atoms with Crippen molar-refractivity contribution in [3.8, 4) is 11.5 Å². The number of carbonyl (C=O) groups is 1. The van der Waals surface area contributed by atoms with Gasteiger partial charge in [-0.3, -0.25) is 4.79 Å². The normalized spacial score (nSPS) is 12.0. The summed E-state index contributed by atoms with van der Waals surface area (Å²) in [5, 5.41) is 2.38. The molecule has 0 bridgehead atoms. The van der Waals surface area contributed by atoms with E-state index in [1.165, 1.54) is 42.2 Å². The third kappa shape index (κ3) is 6.36. The Labute approximate surface area is 197 Å². The number of aryl methyl sites for hydroxylation is 1. The van der Waals surface area contributed by atoms with Crippen LogP contribution in [0.1, 0.15) is 12.6 Å². The molecule has 1 heterocycles. The van der Waals surface area contributed by atoms with Gasteiger partial charge < -0.3 is 14.8 Å². The molecule has 0 aliphatic rings. The second-order valence-electron chi connectivity index (χ2n) is 6.92. The standard InChI is InChI=1S/C22H24N4O5S2/c1-14-11-12-23-22(24-14)26-33(28,29)18-8-5-16(6-9-18)25-21(27)15(2)32-17-7-10-19(30-3)20(13-17)31-4/h5-13,15H,1-4H3,(H,25,27)(H,23,24,26). The van der Waals surface area contributed by atoms with Crippen molar-refractivity contribution < 1.29 is 22.7 Å². The Bertz CT molecular complexity index is 1230. The summed E-state index contributed by atoms with van der Waals surface area (Å²) in [5.74, 6) is 0.957. The number of carbonyl (C=O) groups excluding carboxylic acids is 1. The molecule has 0 saturated carbocycles. The number of amides is 1. The van der Waals surface area contributed by atoms with Gasteiger partial charge in [-0.25, -0.2) is 23.1 Å². The lowest BCUT2D eigenvalue weighted by Crippen LogP contribution is -2.22. The first-order chi connectivity index (χ1) is 15.7. The van der Waals surface area contributed by atoms with Gasteiger partial charge in [0.25, 0.3) is 10.0 Å². The highest BCUT2D eigenvalue weighted by Crippen LogP contribution is 2.33. The first-order valence-electron chi connectivity index (χ1n) is 9.84. The number of thioether (sulfide) groups is 1. The Hall–Kier alpha value is -3.31. The van der Waals surface area contributed by atoms with Gasteiger partial charge in [-0.2, -0.15) is 0 Å². The Morgan fingerprint density at radius 2 is 1.73 bits per heavy atom. The molecule has 1 amide bonds. The number of benzene rings is 2. The van der Waals surface area contributed by atoms with E-state index in [-0.39, 0.29) is 16.8 Å². The molecule has 1 aromatic heterocycles. The summed E-state index contributed by atoms with van der Waals surface area (Å²) in [7, 11) is -0.748. The molecule has 0 aliphatic carbocycles. The van der Waals surface area contributed by atoms with Gasteiger partial charge in [-0.05, 0) is 62.4 Å². The highest BCUT2D eigenvalue weighted by Gasteiger charge is 2.18. The van der Waals surface area contributed by atoms with Crippen molar-refractivity contribution in [3.63, 3.8) is 0 Å². The topological polar surface area (TPSA) is 120 Å². The van der Waals surface area contributed by atoms with E-state index in [4.69, 9.17) is 9.47 Å². The molecule has 0 spiro atoms. The zero-order valence-electron chi connectivity index (χ0n) is 18.5. The van der Waals surface area contributed by atoms with Crippen molar-refractivity contribution in [2.75, 3.05) is 24.3 Å². The fraction of sp³-hybridized carbons (Fsp3) is 0.227. The van der Waals surface area contributed by atoms with Gasteiger partial charge in [-0.15, -0.1) is 11.8 Å². The van der Waals surface area contributed by atoms with Crippen LogP contribution >= 0.6 is 11.8 Å². The Morgan fingerprint density at radius 1 is 1.03 bits per heavy atom. The monoisotopic (exact) mass is 488 g/mol. The molecular weight excluding hydrogens is 464 g/mol. The molecule has 3 aromatic rings. The van der Waals surface area contributed by atoms with Gasteiger partial charge in [0.1, 0.15) is 0 Å². The minimum absolute atomic E-state index is 0.00612. The summed E-state index contributed by atoms with van der Waals surface area (Å²) < 4.78 is 38.0. The molecule has 33 heavy (non-hydrogen) atoms. The van der Waals surface area contributed by atoms with Crippen LogP contribution in [0.15, 0.2) is 64.5 Å². The van der Waals surface area contributed by atoms with Gasteiger partial charge in [0.15, 0.2) is 11.5 Å². The quantitative estimate of drug-likeness (QED) is 0.437. The fourth-order valence-electron chi connectivity index (χ4n) is 2.79. The van der Waals surface area contributed by atoms with Gasteiger partial charge in [0, 0.05) is 22.5 Å². The number of nitrogens with zero attached hydrogens (tertiary/aromatic N) is 2. The first kappa shape index (κ1) is 24.3. The average Bonchev–Trinajstić information content (AvgIpc) is 2.79. The zero-order valence-corrected chi connectivity index (χ0v) is 20.2. The highest BCUT2D eigenvalue weighted by atomic mass is 32.2. The number of nitrogens with one attached hydrogen (secondary N) is 2. The van der Waals surface area contributed by atoms with Crippen molar-refractivity contribution in [3.05, 3.63) is 60.4 Å². The predicted octanol–water partition coefficient (Wildman–Crippen LogP) is 3.72. The van der Waals surface area contributed by atoms with E-state index in [0.29, 0.717) is 22.9 Å². The van der Waals surface area contributed by atoms with E-state index < -0.39 is 15.3 Å². The van der Waals surface area contributed by atoms with Crippen LogP contribution in [0.2, 0.25) is 0 Å². The SMILES string of the molecule is COc1ccc(SC(C)C(=O)Nc2ccc(S(=O)(=O)Nc3nccc(C)n3)cc2)cc1OC. The minimum atomic E-state index is -3.86. The second-order valence-corrected chi connectivity index (χ2v) is 10.0. The average molecular weight is 489 g/mol. The van der Waals surface area contributed by atoms with Crippen LogP contribution < -0.4 is 19.5 Å². The number of anilines is 2. The van der Waals surface area contributed by atoms with Gasteiger partial charge in [-0.1, -0.05) is 0 Å². The lowest BCUT2D eigenvalue weighted by atomic mass is 10.3. The smallest absolute Gasteiger partial charge is 0.264 e. The summed E-state index contributed by atoms with van der Waals surface area (Å²) in [4.78, 5) is 21.4. The molecule has 0 fully saturated rings. The molecule has 0 saturated heterocycles. The number of hydrogen-bond donors (Lipinski definition) is 2. The second kappa shape index (κ2) is 10.5. The Balaban J connectivity index is 1.63. The minimum Gasteiger partial charge on any atom is -0.493 e. The maximum atomic E-state index is 12.6. The van der Waals surface area contributed by atoms with Crippen LogP contribution in [0.3, 0.4) is 0 Å². The third-order valence-electron chi connectivity index (χ3n) is 4.49. The number of ether oxygens (including phenoxy) is 2. The fourth-order valence-corrected chi connectivity index (χ4v) is 4.63. The van der Waals surface area contributed by atoms with E-state index >= 15 is 0 Å². The number of aromatic nitrogens is 2. The maximum Gasteiger partial charge on any atom is 0.264 e. The van der Waals surface area contributed by atoms with Crippen LogP contribution in [0.25, 0.3) is 0 Å². The summed E-state index contributed by atoms with van der Waals surface area (Å²) in [6, 6.07) is 13.0. The lowest BCUT2D eigenvalue weighted by Gasteiger charge is -2.14. The van der Waals surface area contributed by atoms with Crippen LogP contribution in [0, 0.1) is 6.92 Å². The molecule has 174 valence electrons. The van der Waals surface area contributed by atoms with Crippen molar-refractivity contribution in [2.45, 2.75) is 28.9 Å². The Morgan fingerprint density at radius 3 is 2.36 bits per heavy atom.